The molecule has 4 heteroatoms. The number of esters is 1. The van der Waals surface area contributed by atoms with Gasteiger partial charge < -0.3 is 10.1 Å². The molecule has 1 aromatic rings. The van der Waals surface area contributed by atoms with Gasteiger partial charge in [0, 0.05) is 4.88 Å². The first-order chi connectivity index (χ1) is 8.33. The molecular weight excluding hydrogens is 234 g/mol. The van der Waals surface area contributed by atoms with Gasteiger partial charge in [-0.15, -0.1) is 11.3 Å². The first-order valence-electron chi connectivity index (χ1n) is 6.21. The number of carbonyl (C=O) groups excluding carboxylic acids is 1. The first kappa shape index (κ1) is 14.2. The van der Waals surface area contributed by atoms with Crippen molar-refractivity contribution >= 4 is 17.3 Å². The molecule has 0 spiro atoms. The van der Waals surface area contributed by atoms with Gasteiger partial charge in [0.25, 0.3) is 0 Å². The minimum absolute atomic E-state index is 0.124. The zero-order valence-corrected chi connectivity index (χ0v) is 11.2. The number of ether oxygens (including phenoxy) is 1. The lowest BCUT2D eigenvalue weighted by atomic mass is 10.3. The Morgan fingerprint density at radius 3 is 2.94 bits per heavy atom. The van der Waals surface area contributed by atoms with Crippen LogP contribution in [0.1, 0.15) is 31.1 Å². The predicted octanol–water partition coefficient (Wildman–Crippen LogP) is 2.61. The summed E-state index contributed by atoms with van der Waals surface area (Å²) in [5.74, 6) is -0.124. The summed E-state index contributed by atoms with van der Waals surface area (Å²) in [5, 5.41) is 5.29. The van der Waals surface area contributed by atoms with Crippen LogP contribution in [0.3, 0.4) is 0 Å². The highest BCUT2D eigenvalue weighted by atomic mass is 32.1. The van der Waals surface area contributed by atoms with E-state index >= 15 is 0 Å². The van der Waals surface area contributed by atoms with Crippen LogP contribution in [-0.4, -0.2) is 25.7 Å². The van der Waals surface area contributed by atoms with Gasteiger partial charge >= 0.3 is 5.97 Å². The second-order valence-electron chi connectivity index (χ2n) is 3.93. The lowest BCUT2D eigenvalue weighted by Crippen LogP contribution is -2.19. The van der Waals surface area contributed by atoms with Crippen molar-refractivity contribution in [3.8, 4) is 0 Å². The normalized spacial score (nSPS) is 10.4. The number of unbranched alkanes of at least 4 members (excludes halogenated alkanes) is 1. The van der Waals surface area contributed by atoms with Crippen LogP contribution in [0.25, 0.3) is 0 Å². The van der Waals surface area contributed by atoms with Crippen LogP contribution >= 0.6 is 11.3 Å². The third-order valence-corrected chi connectivity index (χ3v) is 3.24. The number of rotatable bonds is 9. The Morgan fingerprint density at radius 2 is 2.24 bits per heavy atom. The summed E-state index contributed by atoms with van der Waals surface area (Å²) < 4.78 is 5.15. The fourth-order valence-electron chi connectivity index (χ4n) is 1.42. The Balaban J connectivity index is 1.94. The van der Waals surface area contributed by atoms with Crippen molar-refractivity contribution in [1.29, 1.82) is 0 Å². The summed E-state index contributed by atoms with van der Waals surface area (Å²) in [5.41, 5.74) is 0. The van der Waals surface area contributed by atoms with E-state index in [2.05, 4.69) is 12.2 Å². The van der Waals surface area contributed by atoms with Gasteiger partial charge in [-0.3, -0.25) is 4.79 Å². The van der Waals surface area contributed by atoms with Crippen LogP contribution in [0.15, 0.2) is 17.5 Å². The smallest absolute Gasteiger partial charge is 0.311 e. The molecular formula is C13H21NO2S. The van der Waals surface area contributed by atoms with E-state index in [1.54, 1.807) is 11.3 Å². The van der Waals surface area contributed by atoms with Crippen LogP contribution in [0, 0.1) is 0 Å². The quantitative estimate of drug-likeness (QED) is 0.544. The van der Waals surface area contributed by atoms with Crippen molar-refractivity contribution in [2.45, 2.75) is 32.6 Å². The molecule has 0 unspecified atom stereocenters. The average Bonchev–Trinajstić information content (AvgIpc) is 2.80. The maximum absolute atomic E-state index is 11.4. The van der Waals surface area contributed by atoms with Gasteiger partial charge in [0.05, 0.1) is 13.0 Å². The van der Waals surface area contributed by atoms with E-state index in [4.69, 9.17) is 4.74 Å². The molecule has 0 saturated heterocycles. The van der Waals surface area contributed by atoms with E-state index in [1.807, 2.05) is 17.5 Å². The van der Waals surface area contributed by atoms with Crippen molar-refractivity contribution in [1.82, 2.24) is 5.32 Å². The first-order valence-corrected chi connectivity index (χ1v) is 7.09. The second kappa shape index (κ2) is 9.19. The largest absolute Gasteiger partial charge is 0.465 e. The van der Waals surface area contributed by atoms with Crippen molar-refractivity contribution in [2.75, 3.05) is 19.7 Å². The molecule has 3 nitrogen and oxygen atoms in total. The molecule has 0 atom stereocenters. The molecule has 0 aliphatic rings. The lowest BCUT2D eigenvalue weighted by Gasteiger charge is -2.05. The van der Waals surface area contributed by atoms with E-state index < -0.39 is 0 Å². The van der Waals surface area contributed by atoms with Crippen LogP contribution < -0.4 is 5.32 Å². The molecule has 0 radical (unpaired) electrons. The van der Waals surface area contributed by atoms with E-state index in [0.717, 1.165) is 24.4 Å². The Bertz CT molecular complexity index is 298. The second-order valence-corrected chi connectivity index (χ2v) is 4.97. The highest BCUT2D eigenvalue weighted by Gasteiger charge is 2.04. The van der Waals surface area contributed by atoms with Gasteiger partial charge in [0.2, 0.25) is 0 Å². The fraction of sp³-hybridized carbons (Fsp3) is 0.615. The van der Waals surface area contributed by atoms with Crippen LogP contribution in [0.4, 0.5) is 0 Å². The number of carbonyl (C=O) groups is 1. The van der Waals surface area contributed by atoms with Gasteiger partial charge in [0.1, 0.15) is 0 Å². The van der Waals surface area contributed by atoms with Crippen molar-refractivity contribution in [3.05, 3.63) is 22.4 Å². The average molecular weight is 255 g/mol. The van der Waals surface area contributed by atoms with Crippen molar-refractivity contribution < 1.29 is 9.53 Å². The summed E-state index contributed by atoms with van der Waals surface area (Å²) >= 11 is 1.59. The monoisotopic (exact) mass is 255 g/mol. The predicted molar refractivity (Wildman–Crippen MR) is 71.4 cm³/mol. The molecule has 1 heterocycles. The van der Waals surface area contributed by atoms with E-state index in [0.29, 0.717) is 13.0 Å². The topological polar surface area (TPSA) is 38.3 Å². The number of hydrogen-bond acceptors (Lipinski definition) is 4. The van der Waals surface area contributed by atoms with E-state index in [1.165, 1.54) is 12.8 Å². The Labute approximate surface area is 107 Å². The summed E-state index contributed by atoms with van der Waals surface area (Å²) in [6.07, 6.45) is 3.71. The highest BCUT2D eigenvalue weighted by molar-refractivity contribution is 7.10. The number of hydrogen-bond donors (Lipinski definition) is 1. The molecule has 0 aromatic carbocycles. The molecule has 0 aliphatic carbocycles. The highest BCUT2D eigenvalue weighted by Crippen LogP contribution is 2.09. The Morgan fingerprint density at radius 1 is 1.41 bits per heavy atom. The van der Waals surface area contributed by atoms with Gasteiger partial charge in [-0.05, 0) is 37.4 Å². The van der Waals surface area contributed by atoms with Gasteiger partial charge in [0.15, 0.2) is 0 Å². The summed E-state index contributed by atoms with van der Waals surface area (Å²) in [6, 6.07) is 3.91. The summed E-state index contributed by atoms with van der Waals surface area (Å²) in [6.45, 7) is 4.67. The van der Waals surface area contributed by atoms with Crippen LogP contribution in [-0.2, 0) is 16.0 Å². The molecule has 1 rings (SSSR count). The fourth-order valence-corrected chi connectivity index (χ4v) is 2.11. The molecule has 1 aromatic heterocycles. The number of thiophene rings is 1. The molecule has 0 saturated carbocycles. The third-order valence-electron chi connectivity index (χ3n) is 2.37. The van der Waals surface area contributed by atoms with Gasteiger partial charge in [-0.1, -0.05) is 19.4 Å². The Kier molecular flexibility index (Phi) is 7.67. The standard InChI is InChI=1S/C13H21NO2S/c1-2-3-7-14-8-5-9-16-13(15)11-12-6-4-10-17-12/h4,6,10,14H,2-3,5,7-9,11H2,1H3. The van der Waals surface area contributed by atoms with Crippen molar-refractivity contribution in [3.63, 3.8) is 0 Å². The molecule has 0 bridgehead atoms. The van der Waals surface area contributed by atoms with E-state index in [9.17, 15) is 4.79 Å². The van der Waals surface area contributed by atoms with Gasteiger partial charge in [-0.25, -0.2) is 0 Å². The van der Waals surface area contributed by atoms with E-state index in [-0.39, 0.29) is 5.97 Å². The minimum atomic E-state index is -0.124. The molecule has 0 amide bonds. The Hall–Kier alpha value is -0.870. The zero-order valence-electron chi connectivity index (χ0n) is 10.4. The maximum Gasteiger partial charge on any atom is 0.311 e. The SMILES string of the molecule is CCCCNCCCOC(=O)Cc1cccs1. The summed E-state index contributed by atoms with van der Waals surface area (Å²) in [4.78, 5) is 12.5. The van der Waals surface area contributed by atoms with Crippen LogP contribution in [0.5, 0.6) is 0 Å². The molecule has 0 aliphatic heterocycles. The molecule has 96 valence electrons. The molecule has 1 N–H and O–H groups in total. The lowest BCUT2D eigenvalue weighted by molar-refractivity contribution is -0.142. The van der Waals surface area contributed by atoms with Gasteiger partial charge in [-0.2, -0.15) is 0 Å². The number of nitrogens with one attached hydrogen (secondary N) is 1. The summed E-state index contributed by atoms with van der Waals surface area (Å²) in [7, 11) is 0. The van der Waals surface area contributed by atoms with Crippen LogP contribution in [0.2, 0.25) is 0 Å². The zero-order chi connectivity index (χ0) is 12.3. The maximum atomic E-state index is 11.4. The molecule has 0 fully saturated rings. The minimum Gasteiger partial charge on any atom is -0.465 e. The molecule has 17 heavy (non-hydrogen) atoms. The van der Waals surface area contributed by atoms with Crippen molar-refractivity contribution in [2.24, 2.45) is 0 Å². The third kappa shape index (κ3) is 7.13.